The van der Waals surface area contributed by atoms with Gasteiger partial charge in [0.1, 0.15) is 0 Å². The summed E-state index contributed by atoms with van der Waals surface area (Å²) in [6, 6.07) is 7.78. The number of anilines is 1. The lowest BCUT2D eigenvalue weighted by atomic mass is 9.89. The van der Waals surface area contributed by atoms with Crippen LogP contribution in [0.25, 0.3) is 0 Å². The van der Waals surface area contributed by atoms with Gasteiger partial charge in [0.25, 0.3) is 0 Å². The van der Waals surface area contributed by atoms with Gasteiger partial charge in [-0.1, -0.05) is 23.8 Å². The summed E-state index contributed by atoms with van der Waals surface area (Å²) in [4.78, 5) is 6.99. The highest BCUT2D eigenvalue weighted by atomic mass is 32.2. The smallest absolute Gasteiger partial charge is 0.0543 e. The predicted octanol–water partition coefficient (Wildman–Crippen LogP) is 4.52. The standard InChI is InChI=1S/C20H28N2S/c1-15(2)6-4-10-21-12-9-18-17(14-21)16-7-3-8-19-20(16)22(18)11-5-13-23-19/h3,6-8,17-18H,4-5,9-14H2,1-2H3/t17-,18-/m1/s1. The van der Waals surface area contributed by atoms with Gasteiger partial charge >= 0.3 is 0 Å². The molecule has 1 saturated heterocycles. The summed E-state index contributed by atoms with van der Waals surface area (Å²) < 4.78 is 0. The molecule has 23 heavy (non-hydrogen) atoms. The Balaban J connectivity index is 1.55. The van der Waals surface area contributed by atoms with Crippen LogP contribution in [-0.2, 0) is 0 Å². The molecule has 0 N–H and O–H groups in total. The van der Waals surface area contributed by atoms with Crippen molar-refractivity contribution in [1.29, 1.82) is 0 Å². The van der Waals surface area contributed by atoms with Crippen molar-refractivity contribution in [2.45, 2.75) is 50.0 Å². The summed E-state index contributed by atoms with van der Waals surface area (Å²) in [5, 5.41) is 0. The molecule has 2 nitrogen and oxygen atoms in total. The molecule has 0 radical (unpaired) electrons. The number of benzene rings is 1. The third kappa shape index (κ3) is 2.94. The molecule has 3 aliphatic rings. The van der Waals surface area contributed by atoms with Crippen LogP contribution in [0, 0.1) is 0 Å². The van der Waals surface area contributed by atoms with Crippen molar-refractivity contribution in [2.75, 3.05) is 36.8 Å². The highest BCUT2D eigenvalue weighted by Gasteiger charge is 2.42. The zero-order valence-corrected chi connectivity index (χ0v) is 15.2. The molecule has 1 aromatic rings. The van der Waals surface area contributed by atoms with Crippen LogP contribution >= 0.6 is 11.8 Å². The summed E-state index contributed by atoms with van der Waals surface area (Å²) in [5.41, 5.74) is 4.67. The molecule has 1 aromatic carbocycles. The van der Waals surface area contributed by atoms with Crippen molar-refractivity contribution in [3.8, 4) is 0 Å². The van der Waals surface area contributed by atoms with Crippen LogP contribution in [0.2, 0.25) is 0 Å². The monoisotopic (exact) mass is 328 g/mol. The van der Waals surface area contributed by atoms with Gasteiger partial charge < -0.3 is 9.80 Å². The fourth-order valence-electron chi connectivity index (χ4n) is 4.55. The van der Waals surface area contributed by atoms with E-state index in [-0.39, 0.29) is 0 Å². The quantitative estimate of drug-likeness (QED) is 0.754. The van der Waals surface area contributed by atoms with Gasteiger partial charge in [0.2, 0.25) is 0 Å². The van der Waals surface area contributed by atoms with Crippen LogP contribution in [-0.4, -0.2) is 42.9 Å². The van der Waals surface area contributed by atoms with Crippen LogP contribution < -0.4 is 4.90 Å². The lowest BCUT2D eigenvalue weighted by Gasteiger charge is -2.39. The third-order valence-electron chi connectivity index (χ3n) is 5.58. The summed E-state index contributed by atoms with van der Waals surface area (Å²) in [7, 11) is 0. The van der Waals surface area contributed by atoms with Gasteiger partial charge in [0, 0.05) is 43.0 Å². The van der Waals surface area contributed by atoms with Crippen molar-refractivity contribution >= 4 is 17.4 Å². The minimum atomic E-state index is 0.726. The zero-order chi connectivity index (χ0) is 15.8. The first-order valence-corrected chi connectivity index (χ1v) is 10.1. The number of para-hydroxylation sites is 1. The molecule has 0 spiro atoms. The Kier molecular flexibility index (Phi) is 4.42. The van der Waals surface area contributed by atoms with Gasteiger partial charge in [-0.15, -0.1) is 11.8 Å². The molecule has 0 bridgehead atoms. The van der Waals surface area contributed by atoms with E-state index < -0.39 is 0 Å². The molecule has 2 atom stereocenters. The normalized spacial score (nSPS) is 26.4. The van der Waals surface area contributed by atoms with Crippen LogP contribution in [0.3, 0.4) is 0 Å². The number of rotatable bonds is 3. The number of piperidine rings is 1. The minimum absolute atomic E-state index is 0.726. The van der Waals surface area contributed by atoms with E-state index in [0.717, 1.165) is 12.0 Å². The van der Waals surface area contributed by atoms with E-state index in [1.54, 1.807) is 11.3 Å². The van der Waals surface area contributed by atoms with E-state index >= 15 is 0 Å². The second-order valence-electron chi connectivity index (χ2n) is 7.42. The van der Waals surface area contributed by atoms with Crippen molar-refractivity contribution in [3.05, 3.63) is 35.4 Å². The van der Waals surface area contributed by atoms with Crippen LogP contribution in [0.15, 0.2) is 34.7 Å². The SMILES string of the molecule is CC(C)=CCCN1CC[C@@H]2[C@H](C1)c1cccc3c1N2CCCS3. The lowest BCUT2D eigenvalue weighted by molar-refractivity contribution is 0.196. The van der Waals surface area contributed by atoms with Gasteiger partial charge in [-0.2, -0.15) is 0 Å². The van der Waals surface area contributed by atoms with E-state index in [2.05, 4.69) is 59.7 Å². The highest BCUT2D eigenvalue weighted by Crippen LogP contribution is 2.50. The third-order valence-corrected chi connectivity index (χ3v) is 6.71. The largest absolute Gasteiger partial charge is 0.367 e. The maximum Gasteiger partial charge on any atom is 0.0543 e. The average molecular weight is 329 g/mol. The number of hydrogen-bond acceptors (Lipinski definition) is 3. The number of hydrogen-bond donors (Lipinski definition) is 0. The van der Waals surface area contributed by atoms with Crippen molar-refractivity contribution in [3.63, 3.8) is 0 Å². The Bertz CT molecular complexity index is 606. The number of allylic oxidation sites excluding steroid dienone is 1. The van der Waals surface area contributed by atoms with Crippen LogP contribution in [0.5, 0.6) is 0 Å². The molecule has 4 rings (SSSR count). The van der Waals surface area contributed by atoms with Crippen molar-refractivity contribution in [2.24, 2.45) is 0 Å². The Morgan fingerprint density at radius 3 is 3.09 bits per heavy atom. The van der Waals surface area contributed by atoms with Crippen LogP contribution in [0.4, 0.5) is 5.69 Å². The Morgan fingerprint density at radius 1 is 1.30 bits per heavy atom. The number of thioether (sulfide) groups is 1. The summed E-state index contributed by atoms with van der Waals surface area (Å²) in [6.07, 6.45) is 6.24. The first kappa shape index (κ1) is 15.6. The van der Waals surface area contributed by atoms with Gasteiger partial charge in [0.15, 0.2) is 0 Å². The van der Waals surface area contributed by atoms with Gasteiger partial charge in [-0.05, 0) is 50.5 Å². The van der Waals surface area contributed by atoms with E-state index in [4.69, 9.17) is 0 Å². The van der Waals surface area contributed by atoms with E-state index in [0.29, 0.717) is 0 Å². The number of nitrogens with zero attached hydrogens (tertiary/aromatic N) is 2. The number of fused-ring (bicyclic) bond motifs is 3. The molecule has 3 aliphatic heterocycles. The van der Waals surface area contributed by atoms with Crippen molar-refractivity contribution in [1.82, 2.24) is 4.90 Å². The maximum atomic E-state index is 2.77. The summed E-state index contributed by atoms with van der Waals surface area (Å²) in [5.74, 6) is 2.00. The molecular formula is C20H28N2S. The zero-order valence-electron chi connectivity index (χ0n) is 14.4. The van der Waals surface area contributed by atoms with E-state index in [9.17, 15) is 0 Å². The maximum absolute atomic E-state index is 2.77. The molecule has 3 heterocycles. The highest BCUT2D eigenvalue weighted by molar-refractivity contribution is 7.99. The first-order chi connectivity index (χ1) is 11.2. The molecule has 0 aliphatic carbocycles. The fourth-order valence-corrected chi connectivity index (χ4v) is 5.59. The summed E-state index contributed by atoms with van der Waals surface area (Å²) in [6.45, 7) is 9.40. The van der Waals surface area contributed by atoms with E-state index in [1.165, 1.54) is 61.7 Å². The van der Waals surface area contributed by atoms with Crippen LogP contribution in [0.1, 0.15) is 44.6 Å². The van der Waals surface area contributed by atoms with Crippen molar-refractivity contribution < 1.29 is 0 Å². The van der Waals surface area contributed by atoms with Gasteiger partial charge in [0.05, 0.1) is 5.69 Å². The Morgan fingerprint density at radius 2 is 2.22 bits per heavy atom. The average Bonchev–Trinajstić information content (AvgIpc) is 2.70. The first-order valence-electron chi connectivity index (χ1n) is 9.12. The van der Waals surface area contributed by atoms with E-state index in [1.807, 2.05) is 0 Å². The Hall–Kier alpha value is -0.930. The summed E-state index contributed by atoms with van der Waals surface area (Å²) >= 11 is 2.07. The molecule has 1 fully saturated rings. The fraction of sp³-hybridized carbons (Fsp3) is 0.600. The molecule has 124 valence electrons. The molecule has 3 heteroatoms. The minimum Gasteiger partial charge on any atom is -0.367 e. The number of likely N-dealkylation sites (tertiary alicyclic amines) is 1. The second kappa shape index (κ2) is 6.52. The van der Waals surface area contributed by atoms with Gasteiger partial charge in [-0.3, -0.25) is 0 Å². The predicted molar refractivity (Wildman–Crippen MR) is 101 cm³/mol. The molecule has 0 aromatic heterocycles. The topological polar surface area (TPSA) is 6.48 Å². The molecule has 0 saturated carbocycles. The lowest BCUT2D eigenvalue weighted by Crippen LogP contribution is -2.46. The molecule has 0 unspecified atom stereocenters. The van der Waals surface area contributed by atoms with Gasteiger partial charge in [-0.25, -0.2) is 0 Å². The Labute approximate surface area is 144 Å². The molecular weight excluding hydrogens is 300 g/mol. The second-order valence-corrected chi connectivity index (χ2v) is 8.56. The molecule has 0 amide bonds.